The van der Waals surface area contributed by atoms with Gasteiger partial charge in [-0.15, -0.1) is 0 Å². The summed E-state index contributed by atoms with van der Waals surface area (Å²) in [6.07, 6.45) is -12.3. The van der Waals surface area contributed by atoms with E-state index in [1.165, 1.54) is 13.8 Å². The fourth-order valence-electron chi connectivity index (χ4n) is 4.03. The molecule has 1 aliphatic rings. The van der Waals surface area contributed by atoms with Gasteiger partial charge in [-0.25, -0.2) is 4.39 Å². The van der Waals surface area contributed by atoms with Gasteiger partial charge in [0, 0.05) is 48.8 Å². The number of aromatic nitrogens is 2. The van der Waals surface area contributed by atoms with Crippen molar-refractivity contribution in [3.05, 3.63) is 117 Å². The molecule has 0 spiro atoms. The van der Waals surface area contributed by atoms with Gasteiger partial charge in [0.2, 0.25) is 5.91 Å². The van der Waals surface area contributed by atoms with E-state index < -0.39 is 161 Å². The molecule has 5 rings (SSSR count). The topological polar surface area (TPSA) is 58.4 Å². The largest absolute Gasteiger partial charge is 0.416 e. The van der Waals surface area contributed by atoms with Gasteiger partial charge >= 0.3 is 6.18 Å². The number of likely N-dealkylation sites (N-methyl/N-ethyl adjacent to an activating group) is 1. The zero-order valence-electron chi connectivity index (χ0n) is 46.5. The Kier molecular flexibility index (Phi) is 5.53. The van der Waals surface area contributed by atoms with Crippen LogP contribution in [-0.2, 0) is 42.5 Å². The van der Waals surface area contributed by atoms with Crippen molar-refractivity contribution in [3.8, 4) is 11.1 Å². The van der Waals surface area contributed by atoms with Crippen LogP contribution in [0.4, 0.5) is 17.6 Å². The molecular formula is C37H40F4N4O2S. The highest BCUT2D eigenvalue weighted by atomic mass is 32.2. The fourth-order valence-corrected chi connectivity index (χ4v) is 4.74. The zero-order chi connectivity index (χ0) is 53.1. The molecule has 11 heteroatoms. The minimum absolute atomic E-state index is 0.100. The molecule has 6 nitrogen and oxygen atoms in total. The van der Waals surface area contributed by atoms with E-state index in [1.54, 1.807) is 0 Å². The third-order valence-corrected chi connectivity index (χ3v) is 7.29. The molecule has 0 bridgehead atoms. The highest BCUT2D eigenvalue weighted by Crippen LogP contribution is 2.32. The molecule has 3 aromatic carbocycles. The lowest BCUT2D eigenvalue weighted by atomic mass is 10.0. The Balaban J connectivity index is 1.88. The lowest BCUT2D eigenvalue weighted by molar-refractivity contribution is -0.137. The van der Waals surface area contributed by atoms with Gasteiger partial charge in [0.15, 0.2) is 5.16 Å². The van der Waals surface area contributed by atoms with Crippen LogP contribution in [0.5, 0.6) is 0 Å². The maximum absolute atomic E-state index is 15.3. The van der Waals surface area contributed by atoms with Crippen molar-refractivity contribution in [2.45, 2.75) is 63.6 Å². The van der Waals surface area contributed by atoms with Crippen molar-refractivity contribution in [2.75, 3.05) is 26.1 Å². The van der Waals surface area contributed by atoms with Crippen molar-refractivity contribution in [1.82, 2.24) is 19.4 Å². The van der Waals surface area contributed by atoms with E-state index in [9.17, 15) is 27.8 Å². The predicted molar refractivity (Wildman–Crippen MR) is 181 cm³/mol. The van der Waals surface area contributed by atoms with Gasteiger partial charge in [-0.1, -0.05) is 80.9 Å². The molecule has 0 saturated heterocycles. The molecule has 1 atom stereocenters. The average molecular weight is 702 g/mol. The van der Waals surface area contributed by atoms with Crippen LogP contribution >= 0.6 is 11.8 Å². The van der Waals surface area contributed by atoms with Gasteiger partial charge in [0.1, 0.15) is 12.3 Å². The van der Waals surface area contributed by atoms with E-state index in [-0.39, 0.29) is 39.9 Å². The Morgan fingerprint density at radius 2 is 1.65 bits per heavy atom. The van der Waals surface area contributed by atoms with Crippen LogP contribution in [0.1, 0.15) is 77.5 Å². The van der Waals surface area contributed by atoms with Gasteiger partial charge in [0.05, 0.1) is 22.0 Å². The van der Waals surface area contributed by atoms with Gasteiger partial charge in [-0.05, 0) is 78.2 Å². The summed E-state index contributed by atoms with van der Waals surface area (Å²) in [6.45, 7) is -10.4. The molecule has 1 aromatic heterocycles. The highest BCUT2D eigenvalue weighted by molar-refractivity contribution is 7.98. The molecular weight excluding hydrogens is 640 g/mol. The predicted octanol–water partition coefficient (Wildman–Crippen LogP) is 7.47. The number of alkyl halides is 3. The molecule has 1 aliphatic carbocycles. The Hall–Kier alpha value is -3.96. The number of carbonyl (C=O) groups excluding carboxylic acids is 1. The Morgan fingerprint density at radius 3 is 2.25 bits per heavy atom. The maximum Gasteiger partial charge on any atom is 0.416 e. The quantitative estimate of drug-likeness (QED) is 0.0823. The summed E-state index contributed by atoms with van der Waals surface area (Å²) in [4.78, 5) is 33.2. The summed E-state index contributed by atoms with van der Waals surface area (Å²) in [5.41, 5.74) is -13.0. The van der Waals surface area contributed by atoms with Gasteiger partial charge < -0.3 is 14.4 Å². The number of rotatable bonds is 13. The molecule has 4 aromatic rings. The smallest absolute Gasteiger partial charge is 0.336 e. The van der Waals surface area contributed by atoms with Crippen molar-refractivity contribution < 1.29 is 51.1 Å². The second-order valence-electron chi connectivity index (χ2n) is 9.84. The summed E-state index contributed by atoms with van der Waals surface area (Å²) < 4.78 is 240. The van der Waals surface area contributed by atoms with Crippen molar-refractivity contribution in [1.29, 1.82) is 0 Å². The number of carbonyl (C=O) groups is 1. The van der Waals surface area contributed by atoms with E-state index >= 15 is 4.79 Å². The number of benzene rings is 3. The second-order valence-corrected chi connectivity index (χ2v) is 10.6. The summed E-state index contributed by atoms with van der Waals surface area (Å²) in [7, 11) is 0. The molecule has 48 heavy (non-hydrogen) atoms. The van der Waals surface area contributed by atoms with E-state index in [0.717, 1.165) is 29.2 Å². The van der Waals surface area contributed by atoms with E-state index in [4.69, 9.17) is 23.3 Å². The molecule has 0 aliphatic heterocycles. The Morgan fingerprint density at radius 1 is 1.02 bits per heavy atom. The lowest BCUT2D eigenvalue weighted by Crippen LogP contribution is -2.40. The summed E-state index contributed by atoms with van der Waals surface area (Å²) in [5.74, 6) is -6.21. The molecule has 254 valence electrons. The third-order valence-electron chi connectivity index (χ3n) is 6.50. The summed E-state index contributed by atoms with van der Waals surface area (Å²) in [6, 6.07) is -7.94. The van der Waals surface area contributed by atoms with Gasteiger partial charge in [0.25, 0.3) is 5.56 Å². The molecule has 0 N–H and O–H groups in total. The third kappa shape index (κ3) is 8.73. The number of amides is 1. The van der Waals surface area contributed by atoms with Crippen LogP contribution in [0.25, 0.3) is 11.1 Å². The molecule has 0 fully saturated rings. The SMILES string of the molecule is [2H]c1c([2H])c(-c2c([2H])c([2H])c(C(F)(F)F)c([2H])c2[2H])c([2H])c([2H])c1CN(C(=O)C([2H])([2H])n1c(SC([2H])([2H])c2ccc(F)cc2)nc(=O)c2c1C([2H])([2H])C([2H])(C)C2([2H])[2H])C([2H])([2H])C([2H])([2H])N(CC)CC. The first-order chi connectivity index (χ1) is 31.2. The molecule has 0 saturated carbocycles. The van der Waals surface area contributed by atoms with Crippen LogP contribution in [0.3, 0.4) is 0 Å². The van der Waals surface area contributed by atoms with Crippen LogP contribution in [0.2, 0.25) is 0 Å². The second kappa shape index (κ2) is 15.5. The average Bonchev–Trinajstić information content (AvgIpc) is 3.33. The van der Waals surface area contributed by atoms with Gasteiger partial charge in [-0.2, -0.15) is 18.2 Å². The molecule has 1 amide bonds. The minimum Gasteiger partial charge on any atom is -0.336 e. The molecule has 0 radical (unpaired) electrons. The zero-order valence-corrected chi connectivity index (χ0v) is 26.3. The maximum atomic E-state index is 15.3. The monoisotopic (exact) mass is 701 g/mol. The van der Waals surface area contributed by atoms with E-state index in [1.807, 2.05) is 0 Å². The Bertz CT molecular complexity index is 2750. The van der Waals surface area contributed by atoms with Crippen LogP contribution < -0.4 is 5.56 Å². The van der Waals surface area contributed by atoms with E-state index in [2.05, 4.69) is 4.98 Å². The summed E-state index contributed by atoms with van der Waals surface area (Å²) >= 11 is -0.191. The van der Waals surface area contributed by atoms with E-state index in [0.29, 0.717) is 6.92 Å². The van der Waals surface area contributed by atoms with Crippen LogP contribution in [-0.4, -0.2) is 51.3 Å². The Labute approximate surface area is 312 Å². The standard InChI is InChI=1S/C37H40F4N4O2S/c1-4-43(5-2)18-19-44(22-26-6-10-28(11-7-26)29-12-14-30(15-13-29)37(39,40)41)34(46)23-45-33-21-25(3)20-32(33)35(47)42-36(45)48-24-27-8-16-31(38)17-9-27/h6-17,25H,4-5,18-24H2,1-3H3/i6D,7D,10D,11D,12D,13D,14D,15D,18D2,19D2,20D2,21D2,23D2,24D2,25D. The minimum atomic E-state index is -5.43. The molecule has 1 unspecified atom stereocenters. The first-order valence-corrected chi connectivity index (χ1v) is 15.0. The van der Waals surface area contributed by atoms with Crippen molar-refractivity contribution in [2.24, 2.45) is 5.89 Å². The first kappa shape index (κ1) is 17.1. The normalized spacial score (nSPS) is 25.5. The van der Waals surface area contributed by atoms with Gasteiger partial charge in [-0.3, -0.25) is 9.59 Å². The van der Waals surface area contributed by atoms with Crippen molar-refractivity contribution in [3.63, 3.8) is 0 Å². The number of hydrogen-bond acceptors (Lipinski definition) is 5. The number of halogens is 4. The molecule has 1 heterocycles. The number of thioether (sulfide) groups is 1. The number of hydrogen-bond donors (Lipinski definition) is 0. The number of fused-ring (bicyclic) bond motifs is 1. The number of nitrogens with zero attached hydrogens (tertiary/aromatic N) is 4. The highest BCUT2D eigenvalue weighted by Gasteiger charge is 2.30. The lowest BCUT2D eigenvalue weighted by Gasteiger charge is -2.28. The fraction of sp³-hybridized carbons (Fsp3) is 0.378. The van der Waals surface area contributed by atoms with Crippen molar-refractivity contribution >= 4 is 17.7 Å². The first-order valence-electron chi connectivity index (χ1n) is 24.6. The summed E-state index contributed by atoms with van der Waals surface area (Å²) in [5, 5.41) is -1.25. The van der Waals surface area contributed by atoms with Crippen LogP contribution in [0, 0.1) is 11.7 Å². The van der Waals surface area contributed by atoms with Crippen LogP contribution in [0.15, 0.2) is 82.6 Å².